The van der Waals surface area contributed by atoms with E-state index in [1.165, 1.54) is 31.4 Å². The van der Waals surface area contributed by atoms with E-state index in [2.05, 4.69) is 40.2 Å². The van der Waals surface area contributed by atoms with E-state index in [0.717, 1.165) is 81.1 Å². The summed E-state index contributed by atoms with van der Waals surface area (Å²) in [4.78, 5) is 42.7. The topological polar surface area (TPSA) is 126 Å². The maximum atomic E-state index is 14.1. The van der Waals surface area contributed by atoms with Crippen molar-refractivity contribution in [2.45, 2.75) is 0 Å². The third-order valence-corrected chi connectivity index (χ3v) is 10.0. The van der Waals surface area contributed by atoms with E-state index in [1.807, 2.05) is 97.3 Å². The van der Waals surface area contributed by atoms with Crippen LogP contribution in [0.5, 0.6) is 11.5 Å². The number of ether oxygens (including phenoxy) is 1. The Bertz CT molecular complexity index is 2250. The van der Waals surface area contributed by atoms with Gasteiger partial charge in [-0.15, -0.1) is 0 Å². The Balaban J connectivity index is 0.000000177. The molecule has 58 heavy (non-hydrogen) atoms. The predicted octanol–water partition coefficient (Wildman–Crippen LogP) is 7.17. The molecular weight excluding hydrogens is 736 g/mol. The van der Waals surface area contributed by atoms with Crippen molar-refractivity contribution in [1.82, 2.24) is 9.97 Å². The van der Waals surface area contributed by atoms with Crippen LogP contribution in [0.2, 0.25) is 0 Å². The lowest BCUT2D eigenvalue weighted by Crippen LogP contribution is -2.46. The lowest BCUT2D eigenvalue weighted by atomic mass is 10.1. The monoisotopic (exact) mass is 780 g/mol. The maximum Gasteiger partial charge on any atom is 0.258 e. The summed E-state index contributed by atoms with van der Waals surface area (Å²) in [7, 11) is 1.45. The third-order valence-electron chi connectivity index (χ3n) is 10.0. The number of carbonyl (C=O) groups is 2. The summed E-state index contributed by atoms with van der Waals surface area (Å²) in [6.45, 7) is 7.27. The van der Waals surface area contributed by atoms with Crippen LogP contribution in [0.1, 0.15) is 20.7 Å². The molecule has 0 bridgehead atoms. The van der Waals surface area contributed by atoms with Crippen LogP contribution < -0.4 is 35.0 Å². The molecule has 2 fully saturated rings. The highest BCUT2D eigenvalue weighted by Gasteiger charge is 2.20. The summed E-state index contributed by atoms with van der Waals surface area (Å²) in [6, 6.07) is 37.8. The number of benzene rings is 4. The molecule has 6 aromatic rings. The average Bonchev–Trinajstić information content (AvgIpc) is 3.28. The van der Waals surface area contributed by atoms with Crippen molar-refractivity contribution in [2.24, 2.45) is 0 Å². The molecule has 13 heteroatoms. The second-order valence-electron chi connectivity index (χ2n) is 13.7. The first-order valence-corrected chi connectivity index (χ1v) is 19.1. The van der Waals surface area contributed by atoms with Gasteiger partial charge in [0.1, 0.15) is 29.0 Å². The fraction of sp³-hybridized carbons (Fsp3) is 0.200. The van der Waals surface area contributed by atoms with E-state index in [1.54, 1.807) is 18.2 Å². The standard InChI is InChI=1S/C23H23FN4O2.C22H22N4O2/c1-30-19-9-10-20(21(24)16-19)23(29)26-17-5-7-18(8-6-17)27-12-14-28(15-13-27)22-4-2-3-11-25-22;27-20-10-4-17(5-11-20)22(28)24-18-6-8-19(9-7-18)25-13-15-26(16-14-25)21-3-1-2-12-23-21/h2-11,16H,12-15H2,1H3,(H,26,29);1-12,27H,13-16H2,(H,24,28). The molecule has 4 aromatic carbocycles. The molecule has 3 N–H and O–H groups in total. The van der Waals surface area contributed by atoms with E-state index in [-0.39, 0.29) is 17.2 Å². The molecule has 0 unspecified atom stereocenters. The number of aromatic hydroxyl groups is 1. The number of nitrogens with one attached hydrogen (secondary N) is 2. The van der Waals surface area contributed by atoms with E-state index in [4.69, 9.17) is 4.74 Å². The smallest absolute Gasteiger partial charge is 0.258 e. The number of carbonyl (C=O) groups excluding carboxylic acids is 2. The Kier molecular flexibility index (Phi) is 12.6. The lowest BCUT2D eigenvalue weighted by Gasteiger charge is -2.36. The number of phenolic OH excluding ortho intramolecular Hbond substituents is 1. The molecule has 2 aromatic heterocycles. The SMILES string of the molecule is COc1ccc(C(=O)Nc2ccc(N3CCN(c4ccccn4)CC3)cc2)c(F)c1.O=C(Nc1ccc(N2CCN(c3ccccn3)CC2)cc1)c1ccc(O)cc1. The number of phenols is 1. The van der Waals surface area contributed by atoms with Gasteiger partial charge in [0, 0.05) is 99.1 Å². The van der Waals surface area contributed by atoms with Crippen molar-refractivity contribution in [3.05, 3.63) is 157 Å². The molecule has 0 radical (unpaired) electrons. The zero-order chi connectivity index (χ0) is 40.3. The van der Waals surface area contributed by atoms with Gasteiger partial charge in [-0.2, -0.15) is 0 Å². The highest BCUT2D eigenvalue weighted by Crippen LogP contribution is 2.24. The normalized spacial score (nSPS) is 13.9. The second-order valence-corrected chi connectivity index (χ2v) is 13.7. The molecule has 0 spiro atoms. The number of piperazine rings is 2. The molecule has 12 nitrogen and oxygen atoms in total. The van der Waals surface area contributed by atoms with Gasteiger partial charge in [0.15, 0.2) is 0 Å². The number of methoxy groups -OCH3 is 1. The first kappa shape index (κ1) is 39.1. The summed E-state index contributed by atoms with van der Waals surface area (Å²) >= 11 is 0. The summed E-state index contributed by atoms with van der Waals surface area (Å²) in [6.07, 6.45) is 3.64. The van der Waals surface area contributed by atoms with Gasteiger partial charge in [0.2, 0.25) is 0 Å². The van der Waals surface area contributed by atoms with Crippen LogP contribution in [-0.4, -0.2) is 86.4 Å². The zero-order valence-corrected chi connectivity index (χ0v) is 32.2. The molecule has 0 aliphatic carbocycles. The molecule has 2 saturated heterocycles. The average molecular weight is 781 g/mol. The van der Waals surface area contributed by atoms with Gasteiger partial charge in [-0.05, 0) is 109 Å². The third kappa shape index (κ3) is 9.98. The van der Waals surface area contributed by atoms with Crippen LogP contribution in [0.25, 0.3) is 0 Å². The van der Waals surface area contributed by atoms with Crippen LogP contribution in [0.15, 0.2) is 140 Å². The lowest BCUT2D eigenvalue weighted by molar-refractivity contribution is 0.101. The minimum Gasteiger partial charge on any atom is -0.508 e. The molecular formula is C45H45FN8O4. The van der Waals surface area contributed by atoms with Crippen LogP contribution in [0.3, 0.4) is 0 Å². The number of hydrogen-bond acceptors (Lipinski definition) is 10. The van der Waals surface area contributed by atoms with Crippen LogP contribution in [-0.2, 0) is 0 Å². The number of aromatic nitrogens is 2. The van der Waals surface area contributed by atoms with Gasteiger partial charge < -0.3 is 40.1 Å². The Morgan fingerprint density at radius 3 is 1.48 bits per heavy atom. The van der Waals surface area contributed by atoms with Gasteiger partial charge >= 0.3 is 0 Å². The molecule has 4 heterocycles. The van der Waals surface area contributed by atoms with E-state index in [0.29, 0.717) is 17.0 Å². The van der Waals surface area contributed by atoms with Crippen molar-refractivity contribution in [2.75, 3.05) is 89.7 Å². The molecule has 0 atom stereocenters. The number of hydrogen-bond donors (Lipinski definition) is 3. The summed E-state index contributed by atoms with van der Waals surface area (Å²) in [5.41, 5.74) is 4.07. The van der Waals surface area contributed by atoms with Crippen molar-refractivity contribution in [1.29, 1.82) is 0 Å². The number of rotatable bonds is 9. The van der Waals surface area contributed by atoms with Gasteiger partial charge in [-0.3, -0.25) is 9.59 Å². The number of amides is 2. The van der Waals surface area contributed by atoms with Crippen LogP contribution >= 0.6 is 0 Å². The van der Waals surface area contributed by atoms with Gasteiger partial charge in [0.25, 0.3) is 11.8 Å². The Hall–Kier alpha value is -7.15. The Morgan fingerprint density at radius 1 is 0.586 bits per heavy atom. The fourth-order valence-electron chi connectivity index (χ4n) is 6.80. The van der Waals surface area contributed by atoms with Crippen LogP contribution in [0, 0.1) is 5.82 Å². The van der Waals surface area contributed by atoms with Crippen molar-refractivity contribution < 1.29 is 23.8 Å². The summed E-state index contributed by atoms with van der Waals surface area (Å²) in [5.74, 6) is 1.23. The summed E-state index contributed by atoms with van der Waals surface area (Å²) < 4.78 is 19.1. The van der Waals surface area contributed by atoms with Gasteiger partial charge in [0.05, 0.1) is 12.7 Å². The van der Waals surface area contributed by atoms with E-state index in [9.17, 15) is 19.1 Å². The number of pyridine rings is 2. The first-order chi connectivity index (χ1) is 28.3. The Morgan fingerprint density at radius 2 is 1.05 bits per heavy atom. The first-order valence-electron chi connectivity index (χ1n) is 19.1. The fourth-order valence-corrected chi connectivity index (χ4v) is 6.80. The quantitative estimate of drug-likeness (QED) is 0.139. The van der Waals surface area contributed by atoms with Crippen molar-refractivity contribution >= 4 is 46.2 Å². The van der Waals surface area contributed by atoms with Crippen molar-refractivity contribution in [3.63, 3.8) is 0 Å². The highest BCUT2D eigenvalue weighted by molar-refractivity contribution is 6.05. The van der Waals surface area contributed by atoms with Crippen molar-refractivity contribution in [3.8, 4) is 11.5 Å². The molecule has 2 aliphatic heterocycles. The van der Waals surface area contributed by atoms with Crippen LogP contribution in [0.4, 0.5) is 38.8 Å². The van der Waals surface area contributed by atoms with E-state index >= 15 is 0 Å². The number of nitrogens with zero attached hydrogens (tertiary/aromatic N) is 6. The minimum atomic E-state index is -0.616. The van der Waals surface area contributed by atoms with E-state index < -0.39 is 11.7 Å². The summed E-state index contributed by atoms with van der Waals surface area (Å²) in [5, 5.41) is 14.9. The van der Waals surface area contributed by atoms with Gasteiger partial charge in [-0.1, -0.05) is 12.1 Å². The molecule has 2 aliphatic rings. The minimum absolute atomic E-state index is 0.0227. The Labute approximate surface area is 337 Å². The molecule has 296 valence electrons. The highest BCUT2D eigenvalue weighted by atomic mass is 19.1. The number of anilines is 6. The molecule has 8 rings (SSSR count). The zero-order valence-electron chi connectivity index (χ0n) is 32.2. The second kappa shape index (κ2) is 18.7. The number of halogens is 1. The predicted molar refractivity (Wildman–Crippen MR) is 227 cm³/mol. The molecule has 2 amide bonds. The molecule has 0 saturated carbocycles. The largest absolute Gasteiger partial charge is 0.508 e. The maximum absolute atomic E-state index is 14.1. The van der Waals surface area contributed by atoms with Gasteiger partial charge in [-0.25, -0.2) is 14.4 Å².